The van der Waals surface area contributed by atoms with Crippen molar-refractivity contribution in [1.29, 1.82) is 0 Å². The monoisotopic (exact) mass is 401 g/mol. The van der Waals surface area contributed by atoms with Crippen LogP contribution in [0.2, 0.25) is 0 Å². The van der Waals surface area contributed by atoms with Crippen LogP contribution in [0.3, 0.4) is 0 Å². The summed E-state index contributed by atoms with van der Waals surface area (Å²) >= 11 is 0. The number of fused-ring (bicyclic) bond motifs is 1. The van der Waals surface area contributed by atoms with E-state index in [0.717, 1.165) is 6.42 Å². The lowest BCUT2D eigenvalue weighted by molar-refractivity contribution is -0.117. The first-order chi connectivity index (χ1) is 12.6. The number of amides is 1. The van der Waals surface area contributed by atoms with Crippen molar-refractivity contribution in [2.45, 2.75) is 45.3 Å². The van der Waals surface area contributed by atoms with Gasteiger partial charge in [-0.3, -0.25) is 4.79 Å². The van der Waals surface area contributed by atoms with E-state index in [2.05, 4.69) is 19.2 Å². The molecule has 0 aromatic heterocycles. The Morgan fingerprint density at radius 1 is 1.41 bits per heavy atom. The minimum atomic E-state index is -4.24. The Morgan fingerprint density at radius 2 is 2.11 bits per heavy atom. The lowest BCUT2D eigenvalue weighted by Crippen LogP contribution is -2.46. The molecule has 2 atom stereocenters. The molecule has 1 fully saturated rings. The van der Waals surface area contributed by atoms with Gasteiger partial charge in [0.25, 0.3) is 5.91 Å². The van der Waals surface area contributed by atoms with E-state index in [9.17, 15) is 23.4 Å². The summed E-state index contributed by atoms with van der Waals surface area (Å²) in [6.45, 7) is 4.23. The van der Waals surface area contributed by atoms with Crippen LogP contribution >= 0.6 is 0 Å². The van der Waals surface area contributed by atoms with E-state index in [1.807, 2.05) is 0 Å². The topological polar surface area (TPSA) is 119 Å². The number of hydrogen-bond donors (Lipinski definition) is 4. The predicted molar refractivity (Wildman–Crippen MR) is 97.1 cm³/mol. The SMILES string of the molecule is CC(C)CCN[C@H]1Cc2c(cc(O)c(N3CC(=O)NS3(=O)=O)c2F)C[C@H]1O. The number of aromatic hydroxyl groups is 1. The number of benzene rings is 1. The first-order valence-corrected chi connectivity index (χ1v) is 10.3. The fourth-order valence-electron chi connectivity index (χ4n) is 3.49. The van der Waals surface area contributed by atoms with Crippen LogP contribution in [0.4, 0.5) is 10.1 Å². The highest BCUT2D eigenvalue weighted by Crippen LogP contribution is 2.39. The summed E-state index contributed by atoms with van der Waals surface area (Å²) in [5.74, 6) is -1.77. The second-order valence-electron chi connectivity index (χ2n) is 7.45. The van der Waals surface area contributed by atoms with Crippen molar-refractivity contribution in [3.8, 4) is 5.75 Å². The smallest absolute Gasteiger partial charge is 0.326 e. The quantitative estimate of drug-likeness (QED) is 0.559. The van der Waals surface area contributed by atoms with Crippen LogP contribution in [0, 0.1) is 11.7 Å². The van der Waals surface area contributed by atoms with Gasteiger partial charge in [0.05, 0.1) is 6.10 Å². The molecule has 1 aromatic carbocycles. The number of hydrogen-bond acceptors (Lipinski definition) is 6. The number of halogens is 1. The van der Waals surface area contributed by atoms with Crippen molar-refractivity contribution < 1.29 is 27.8 Å². The van der Waals surface area contributed by atoms with Gasteiger partial charge in [-0.25, -0.2) is 13.4 Å². The summed E-state index contributed by atoms with van der Waals surface area (Å²) in [6, 6.07) is 0.887. The van der Waals surface area contributed by atoms with E-state index >= 15 is 4.39 Å². The van der Waals surface area contributed by atoms with Gasteiger partial charge in [0.2, 0.25) is 0 Å². The number of nitrogens with one attached hydrogen (secondary N) is 2. The van der Waals surface area contributed by atoms with E-state index in [0.29, 0.717) is 22.3 Å². The average Bonchev–Trinajstić information content (AvgIpc) is 2.80. The Morgan fingerprint density at radius 3 is 2.70 bits per heavy atom. The lowest BCUT2D eigenvalue weighted by Gasteiger charge is -2.32. The third kappa shape index (κ3) is 3.87. The zero-order valence-corrected chi connectivity index (χ0v) is 16.0. The first kappa shape index (κ1) is 19.8. The molecule has 0 unspecified atom stereocenters. The maximum Gasteiger partial charge on any atom is 0.326 e. The summed E-state index contributed by atoms with van der Waals surface area (Å²) in [4.78, 5) is 11.4. The number of phenols is 1. The molecular weight excluding hydrogens is 377 g/mol. The Balaban J connectivity index is 1.92. The summed E-state index contributed by atoms with van der Waals surface area (Å²) in [6.07, 6.45) is 0.457. The van der Waals surface area contributed by atoms with E-state index in [1.54, 1.807) is 4.72 Å². The largest absolute Gasteiger partial charge is 0.506 e. The third-order valence-corrected chi connectivity index (χ3v) is 6.31. The van der Waals surface area contributed by atoms with Gasteiger partial charge in [-0.15, -0.1) is 0 Å². The van der Waals surface area contributed by atoms with Crippen molar-refractivity contribution in [3.63, 3.8) is 0 Å². The number of aliphatic hydroxyl groups excluding tert-OH is 1. The molecule has 0 saturated carbocycles. The molecule has 150 valence electrons. The number of rotatable bonds is 5. The highest BCUT2D eigenvalue weighted by Gasteiger charge is 2.39. The second kappa shape index (κ2) is 7.25. The summed E-state index contributed by atoms with van der Waals surface area (Å²) < 4.78 is 41.5. The molecule has 1 aromatic rings. The first-order valence-electron chi connectivity index (χ1n) is 8.88. The number of nitrogens with zero attached hydrogens (tertiary/aromatic N) is 1. The molecule has 3 rings (SSSR count). The van der Waals surface area contributed by atoms with Crippen molar-refractivity contribution in [2.24, 2.45) is 5.92 Å². The molecule has 1 aliphatic carbocycles. The molecule has 2 aliphatic rings. The second-order valence-corrected chi connectivity index (χ2v) is 9.05. The molecule has 1 amide bonds. The number of carbonyl (C=O) groups is 1. The van der Waals surface area contributed by atoms with Crippen LogP contribution in [0.5, 0.6) is 5.75 Å². The van der Waals surface area contributed by atoms with Gasteiger partial charge in [-0.05, 0) is 42.5 Å². The molecule has 0 radical (unpaired) electrons. The van der Waals surface area contributed by atoms with Crippen LogP contribution in [0.15, 0.2) is 6.07 Å². The normalized spacial score (nSPS) is 24.2. The van der Waals surface area contributed by atoms with Gasteiger partial charge in [-0.1, -0.05) is 13.8 Å². The van der Waals surface area contributed by atoms with Crippen molar-refractivity contribution in [1.82, 2.24) is 10.0 Å². The maximum atomic E-state index is 15.2. The molecule has 4 N–H and O–H groups in total. The zero-order valence-electron chi connectivity index (χ0n) is 15.2. The van der Waals surface area contributed by atoms with Crippen LogP contribution in [0.1, 0.15) is 31.4 Å². The number of phenolic OH excluding ortho intramolecular Hbond substituents is 1. The Hall–Kier alpha value is -1.91. The van der Waals surface area contributed by atoms with E-state index in [4.69, 9.17) is 0 Å². The molecule has 10 heteroatoms. The van der Waals surface area contributed by atoms with E-state index < -0.39 is 46.0 Å². The van der Waals surface area contributed by atoms with Crippen molar-refractivity contribution in [3.05, 3.63) is 23.0 Å². The zero-order chi connectivity index (χ0) is 19.9. The number of anilines is 1. The Labute approximate surface area is 157 Å². The third-order valence-electron chi connectivity index (χ3n) is 4.93. The van der Waals surface area contributed by atoms with Crippen molar-refractivity contribution >= 4 is 21.8 Å². The van der Waals surface area contributed by atoms with Crippen LogP contribution in [-0.2, 0) is 27.8 Å². The molecule has 8 nitrogen and oxygen atoms in total. The van der Waals surface area contributed by atoms with Gasteiger partial charge in [0.15, 0.2) is 5.82 Å². The highest BCUT2D eigenvalue weighted by atomic mass is 32.2. The summed E-state index contributed by atoms with van der Waals surface area (Å²) in [5, 5.41) is 23.8. The maximum absolute atomic E-state index is 15.2. The van der Waals surface area contributed by atoms with Gasteiger partial charge in [0, 0.05) is 12.5 Å². The average molecular weight is 401 g/mol. The Kier molecular flexibility index (Phi) is 5.33. The van der Waals surface area contributed by atoms with E-state index in [-0.39, 0.29) is 24.4 Å². The molecule has 0 bridgehead atoms. The highest BCUT2D eigenvalue weighted by molar-refractivity contribution is 7.92. The van der Waals surface area contributed by atoms with Gasteiger partial charge in [0.1, 0.15) is 18.0 Å². The fraction of sp³-hybridized carbons (Fsp3) is 0.588. The van der Waals surface area contributed by atoms with Crippen LogP contribution in [0.25, 0.3) is 0 Å². The van der Waals surface area contributed by atoms with Gasteiger partial charge in [-0.2, -0.15) is 8.42 Å². The summed E-state index contributed by atoms with van der Waals surface area (Å²) in [5.41, 5.74) is 0.133. The molecule has 1 saturated heterocycles. The minimum absolute atomic E-state index is 0.142. The summed E-state index contributed by atoms with van der Waals surface area (Å²) in [7, 11) is -4.24. The van der Waals surface area contributed by atoms with E-state index in [1.165, 1.54) is 6.07 Å². The lowest BCUT2D eigenvalue weighted by atomic mass is 9.85. The molecule has 27 heavy (non-hydrogen) atoms. The van der Waals surface area contributed by atoms with Crippen LogP contribution in [-0.4, -0.2) is 49.8 Å². The Bertz CT molecular complexity index is 859. The van der Waals surface area contributed by atoms with Crippen molar-refractivity contribution in [2.75, 3.05) is 17.4 Å². The van der Waals surface area contributed by atoms with Gasteiger partial charge >= 0.3 is 10.2 Å². The molecular formula is C17H24FN3O5S. The predicted octanol–water partition coefficient (Wildman–Crippen LogP) is 0.176. The fourth-order valence-corrected chi connectivity index (χ4v) is 4.66. The number of aliphatic hydroxyl groups is 1. The molecule has 1 heterocycles. The minimum Gasteiger partial charge on any atom is -0.506 e. The molecule has 1 aliphatic heterocycles. The number of carbonyl (C=O) groups excluding carboxylic acids is 1. The van der Waals surface area contributed by atoms with Gasteiger partial charge < -0.3 is 15.5 Å². The molecule has 0 spiro atoms. The van der Waals surface area contributed by atoms with Crippen LogP contribution < -0.4 is 14.3 Å². The standard InChI is InChI=1S/C17H24FN3O5S/c1-9(2)3-4-19-12-7-11-10(5-13(12)22)6-14(23)17(16(11)18)21-8-15(24)20-27(21,25)26/h6,9,12-13,19,22-23H,3-5,7-8H2,1-2H3,(H,20,24)/t12-,13+/m0/s1.